The Labute approximate surface area is 117 Å². The van der Waals surface area contributed by atoms with Crippen LogP contribution in [0, 0.1) is 0 Å². The van der Waals surface area contributed by atoms with E-state index in [2.05, 4.69) is 15.5 Å². The Hall–Kier alpha value is -2.05. The molecule has 2 heterocycles. The number of H-pyrrole nitrogens is 1. The van der Waals surface area contributed by atoms with Crippen molar-refractivity contribution in [3.05, 3.63) is 11.9 Å². The molecule has 1 aromatic rings. The van der Waals surface area contributed by atoms with Crippen LogP contribution in [0.1, 0.15) is 43.1 Å². The van der Waals surface area contributed by atoms with Crippen molar-refractivity contribution in [2.24, 2.45) is 0 Å². The lowest BCUT2D eigenvalue weighted by molar-refractivity contribution is -0.122. The zero-order chi connectivity index (χ0) is 14.5. The Balaban J connectivity index is 1.84. The van der Waals surface area contributed by atoms with E-state index in [0.29, 0.717) is 30.9 Å². The molecule has 0 spiro atoms. The number of likely N-dealkylation sites (tertiary alicyclic amines) is 1. The Morgan fingerprint density at radius 1 is 1.50 bits per heavy atom. The van der Waals surface area contributed by atoms with Gasteiger partial charge in [0.2, 0.25) is 5.91 Å². The highest BCUT2D eigenvalue weighted by atomic mass is 16.2. The van der Waals surface area contributed by atoms with Crippen LogP contribution < -0.4 is 11.1 Å². The van der Waals surface area contributed by atoms with E-state index in [4.69, 9.17) is 5.73 Å². The molecule has 4 N–H and O–H groups in total. The van der Waals surface area contributed by atoms with Crippen molar-refractivity contribution in [1.82, 2.24) is 20.4 Å². The van der Waals surface area contributed by atoms with Gasteiger partial charge in [-0.3, -0.25) is 14.7 Å². The molecule has 0 aliphatic carbocycles. The van der Waals surface area contributed by atoms with Gasteiger partial charge in [-0.1, -0.05) is 6.92 Å². The monoisotopic (exact) mass is 279 g/mol. The lowest BCUT2D eigenvalue weighted by Gasteiger charge is -2.32. The highest BCUT2D eigenvalue weighted by Gasteiger charge is 2.26. The Bertz CT molecular complexity index is 477. The van der Waals surface area contributed by atoms with Crippen LogP contribution in [0.3, 0.4) is 0 Å². The summed E-state index contributed by atoms with van der Waals surface area (Å²) in [6, 6.07) is 0.164. The van der Waals surface area contributed by atoms with Gasteiger partial charge < -0.3 is 16.0 Å². The Morgan fingerprint density at radius 2 is 2.20 bits per heavy atom. The van der Waals surface area contributed by atoms with Gasteiger partial charge in [0.15, 0.2) is 0 Å². The van der Waals surface area contributed by atoms with Gasteiger partial charge in [-0.05, 0) is 19.3 Å². The van der Waals surface area contributed by atoms with Gasteiger partial charge in [0.1, 0.15) is 5.69 Å². The fourth-order valence-electron chi connectivity index (χ4n) is 2.38. The molecule has 1 aliphatic heterocycles. The third-order valence-electron chi connectivity index (χ3n) is 3.51. The standard InChI is InChI=1S/C13H21N5O2/c1-2-3-11(19)16-9-4-6-18(7-5-9)13(20)12-10(14)8-15-17-12/h8-9H,2-7,14H2,1H3,(H,15,17)(H,16,19). The molecule has 1 aromatic heterocycles. The van der Waals surface area contributed by atoms with E-state index in [1.807, 2.05) is 6.92 Å². The topological polar surface area (TPSA) is 104 Å². The number of amides is 2. The van der Waals surface area contributed by atoms with Crippen molar-refractivity contribution in [1.29, 1.82) is 0 Å². The van der Waals surface area contributed by atoms with Crippen molar-refractivity contribution < 1.29 is 9.59 Å². The van der Waals surface area contributed by atoms with Crippen LogP contribution in [0.25, 0.3) is 0 Å². The number of carbonyl (C=O) groups is 2. The molecule has 2 amide bonds. The zero-order valence-corrected chi connectivity index (χ0v) is 11.7. The summed E-state index contributed by atoms with van der Waals surface area (Å²) in [4.78, 5) is 25.5. The van der Waals surface area contributed by atoms with Crippen molar-refractivity contribution >= 4 is 17.5 Å². The number of carbonyl (C=O) groups excluding carboxylic acids is 2. The summed E-state index contributed by atoms with van der Waals surface area (Å²) >= 11 is 0. The highest BCUT2D eigenvalue weighted by molar-refractivity contribution is 5.97. The third kappa shape index (κ3) is 3.28. The summed E-state index contributed by atoms with van der Waals surface area (Å²) in [5, 5.41) is 9.39. The van der Waals surface area contributed by atoms with E-state index < -0.39 is 0 Å². The summed E-state index contributed by atoms with van der Waals surface area (Å²) in [5.41, 5.74) is 6.39. The quantitative estimate of drug-likeness (QED) is 0.747. The average molecular weight is 279 g/mol. The van der Waals surface area contributed by atoms with Gasteiger partial charge in [-0.25, -0.2) is 0 Å². The van der Waals surface area contributed by atoms with Crippen molar-refractivity contribution in [3.63, 3.8) is 0 Å². The van der Waals surface area contributed by atoms with Crippen LogP contribution in [-0.2, 0) is 4.79 Å². The van der Waals surface area contributed by atoms with Gasteiger partial charge in [0.25, 0.3) is 5.91 Å². The molecule has 0 atom stereocenters. The maximum atomic E-state index is 12.2. The minimum atomic E-state index is -0.127. The first kappa shape index (κ1) is 14.4. The minimum Gasteiger partial charge on any atom is -0.396 e. The first-order valence-electron chi connectivity index (χ1n) is 6.99. The number of nitrogens with one attached hydrogen (secondary N) is 2. The fourth-order valence-corrected chi connectivity index (χ4v) is 2.38. The predicted molar refractivity (Wildman–Crippen MR) is 75.0 cm³/mol. The number of piperidine rings is 1. The van der Waals surface area contributed by atoms with Gasteiger partial charge in [-0.15, -0.1) is 0 Å². The molecule has 7 heteroatoms. The molecule has 0 unspecified atom stereocenters. The van der Waals surface area contributed by atoms with Gasteiger partial charge in [0, 0.05) is 25.6 Å². The number of hydrogen-bond donors (Lipinski definition) is 3. The maximum Gasteiger partial charge on any atom is 0.274 e. The number of aromatic amines is 1. The van der Waals surface area contributed by atoms with E-state index in [1.165, 1.54) is 6.20 Å². The SMILES string of the molecule is CCCC(=O)NC1CCN(C(=O)c2[nH]ncc2N)CC1. The Morgan fingerprint density at radius 3 is 2.75 bits per heavy atom. The van der Waals surface area contributed by atoms with Gasteiger partial charge >= 0.3 is 0 Å². The minimum absolute atomic E-state index is 0.0927. The van der Waals surface area contributed by atoms with Crippen LogP contribution >= 0.6 is 0 Å². The van der Waals surface area contributed by atoms with Crippen LogP contribution in [0.4, 0.5) is 5.69 Å². The number of hydrogen-bond acceptors (Lipinski definition) is 4. The van der Waals surface area contributed by atoms with E-state index in [-0.39, 0.29) is 17.9 Å². The second kappa shape index (κ2) is 6.40. The van der Waals surface area contributed by atoms with Crippen molar-refractivity contribution in [2.45, 2.75) is 38.6 Å². The summed E-state index contributed by atoms with van der Waals surface area (Å²) in [6.45, 7) is 3.22. The zero-order valence-electron chi connectivity index (χ0n) is 11.7. The van der Waals surface area contributed by atoms with Crippen molar-refractivity contribution in [2.75, 3.05) is 18.8 Å². The highest BCUT2D eigenvalue weighted by Crippen LogP contribution is 2.16. The molecule has 20 heavy (non-hydrogen) atoms. The van der Waals surface area contributed by atoms with E-state index >= 15 is 0 Å². The van der Waals surface area contributed by atoms with E-state index in [9.17, 15) is 9.59 Å². The van der Waals surface area contributed by atoms with Crippen LogP contribution in [0.15, 0.2) is 6.20 Å². The number of anilines is 1. The summed E-state index contributed by atoms with van der Waals surface area (Å²) in [5.74, 6) is -0.0339. The molecule has 1 fully saturated rings. The maximum absolute atomic E-state index is 12.2. The molecule has 1 aliphatic rings. The lowest BCUT2D eigenvalue weighted by atomic mass is 10.0. The summed E-state index contributed by atoms with van der Waals surface area (Å²) in [6.07, 6.45) is 4.39. The molecule has 1 saturated heterocycles. The van der Waals surface area contributed by atoms with Crippen LogP contribution in [0.5, 0.6) is 0 Å². The number of nitrogen functional groups attached to an aromatic ring is 1. The molecular formula is C13H21N5O2. The molecule has 0 aromatic carbocycles. The summed E-state index contributed by atoms with van der Waals surface area (Å²) in [7, 11) is 0. The number of nitrogens with zero attached hydrogens (tertiary/aromatic N) is 2. The fraction of sp³-hybridized carbons (Fsp3) is 0.615. The molecule has 0 radical (unpaired) electrons. The molecule has 0 saturated carbocycles. The normalized spacial score (nSPS) is 16.1. The van der Waals surface area contributed by atoms with Crippen LogP contribution in [-0.4, -0.2) is 46.0 Å². The summed E-state index contributed by atoms with van der Waals surface area (Å²) < 4.78 is 0. The Kier molecular flexibility index (Phi) is 4.60. The smallest absolute Gasteiger partial charge is 0.274 e. The number of aromatic nitrogens is 2. The molecule has 7 nitrogen and oxygen atoms in total. The van der Waals surface area contributed by atoms with Crippen LogP contribution in [0.2, 0.25) is 0 Å². The second-order valence-corrected chi connectivity index (χ2v) is 5.08. The molecular weight excluding hydrogens is 258 g/mol. The predicted octanol–water partition coefficient (Wildman–Crippen LogP) is 0.513. The lowest BCUT2D eigenvalue weighted by Crippen LogP contribution is -2.46. The largest absolute Gasteiger partial charge is 0.396 e. The third-order valence-corrected chi connectivity index (χ3v) is 3.51. The molecule has 110 valence electrons. The number of rotatable bonds is 4. The average Bonchev–Trinajstić information content (AvgIpc) is 2.85. The van der Waals surface area contributed by atoms with Gasteiger partial charge in [-0.2, -0.15) is 5.10 Å². The van der Waals surface area contributed by atoms with E-state index in [1.54, 1.807) is 4.90 Å². The van der Waals surface area contributed by atoms with Gasteiger partial charge in [0.05, 0.1) is 11.9 Å². The first-order valence-corrected chi connectivity index (χ1v) is 6.99. The number of nitrogens with two attached hydrogens (primary N) is 1. The molecule has 0 bridgehead atoms. The van der Waals surface area contributed by atoms with Crippen molar-refractivity contribution in [3.8, 4) is 0 Å². The molecule has 2 rings (SSSR count). The van der Waals surface area contributed by atoms with E-state index in [0.717, 1.165) is 19.3 Å². The second-order valence-electron chi connectivity index (χ2n) is 5.08. The first-order chi connectivity index (χ1) is 9.61.